The largest absolute Gasteiger partial charge is 0.468 e. The van der Waals surface area contributed by atoms with E-state index in [1.807, 2.05) is 0 Å². The molecular formula is C23H34O4S2. The van der Waals surface area contributed by atoms with E-state index < -0.39 is 0 Å². The van der Waals surface area contributed by atoms with E-state index >= 15 is 0 Å². The lowest BCUT2D eigenvalue weighted by Crippen LogP contribution is -2.03. The Labute approximate surface area is 185 Å². The van der Waals surface area contributed by atoms with E-state index in [0.717, 1.165) is 50.0 Å². The van der Waals surface area contributed by atoms with Gasteiger partial charge in [-0.25, -0.2) is 0 Å². The number of hydrogen-bond acceptors (Lipinski definition) is 6. The monoisotopic (exact) mass is 438 g/mol. The highest BCUT2D eigenvalue weighted by atomic mass is 32.2. The predicted molar refractivity (Wildman–Crippen MR) is 125 cm³/mol. The maximum atomic E-state index is 11.2. The number of esters is 1. The zero-order chi connectivity index (χ0) is 21.3. The van der Waals surface area contributed by atoms with Crippen LogP contribution in [0.25, 0.3) is 0 Å². The molecule has 29 heavy (non-hydrogen) atoms. The van der Waals surface area contributed by atoms with Gasteiger partial charge in [0.15, 0.2) is 0 Å². The van der Waals surface area contributed by atoms with Gasteiger partial charge in [0, 0.05) is 20.0 Å². The van der Waals surface area contributed by atoms with Gasteiger partial charge in [0.1, 0.15) is 5.78 Å². The molecule has 4 nitrogen and oxygen atoms in total. The summed E-state index contributed by atoms with van der Waals surface area (Å²) < 4.78 is 9.59. The third kappa shape index (κ3) is 12.8. The quantitative estimate of drug-likeness (QED) is 0.230. The van der Waals surface area contributed by atoms with Crippen molar-refractivity contribution in [2.45, 2.75) is 45.1 Å². The molecule has 0 spiro atoms. The van der Waals surface area contributed by atoms with Crippen molar-refractivity contribution in [2.24, 2.45) is 5.92 Å². The molecule has 6 heteroatoms. The number of allylic oxidation sites excluding steroid dienone is 2. The Morgan fingerprint density at radius 2 is 2.10 bits per heavy atom. The van der Waals surface area contributed by atoms with Crippen LogP contribution in [0.3, 0.4) is 0 Å². The average molecular weight is 439 g/mol. The van der Waals surface area contributed by atoms with E-state index in [2.05, 4.69) is 53.8 Å². The van der Waals surface area contributed by atoms with Crippen LogP contribution in [0.15, 0.2) is 36.4 Å². The highest BCUT2D eigenvalue weighted by Crippen LogP contribution is 2.23. The van der Waals surface area contributed by atoms with E-state index in [4.69, 9.17) is 4.74 Å². The fourth-order valence-corrected chi connectivity index (χ4v) is 4.12. The summed E-state index contributed by atoms with van der Waals surface area (Å²) in [4.78, 5) is 21.7. The smallest absolute Gasteiger partial charge is 0.315 e. The van der Waals surface area contributed by atoms with Gasteiger partial charge in [-0.15, -0.1) is 0 Å². The van der Waals surface area contributed by atoms with Crippen LogP contribution >= 0.6 is 24.4 Å². The number of benzene rings is 1. The Morgan fingerprint density at radius 3 is 2.76 bits per heavy atom. The molecule has 1 unspecified atom stereocenters. The Balaban J connectivity index is 0.000000359. The molecule has 1 aromatic carbocycles. The van der Waals surface area contributed by atoms with Gasteiger partial charge in [-0.1, -0.05) is 36.4 Å². The van der Waals surface area contributed by atoms with E-state index in [1.54, 1.807) is 18.9 Å². The molecular weight excluding hydrogens is 404 g/mol. The molecule has 1 fully saturated rings. The SMILES string of the molecule is COC(=O)CSCCCS.COCc1cccc(CC/C=C/C2CCC(=O)C2)c1. The highest BCUT2D eigenvalue weighted by molar-refractivity contribution is 7.99. The minimum absolute atomic E-state index is 0.149. The standard InChI is InChI=1S/C17H22O2.C6H12O2S2/c1-19-13-16-8-4-7-14(11-16)5-2-3-6-15-9-10-17(18)12-15;1-8-6(7)5-10-4-2-3-9/h3-4,6-8,11,15H,2,5,9-10,12-13H2,1H3;9H,2-5H2,1H3/b6-3+;. The third-order valence-electron chi connectivity index (χ3n) is 4.49. The van der Waals surface area contributed by atoms with Crippen molar-refractivity contribution in [1.82, 2.24) is 0 Å². The van der Waals surface area contributed by atoms with Crippen LogP contribution in [0.4, 0.5) is 0 Å². The number of Topliss-reactive ketones (excluding diaryl/α,β-unsaturated/α-hetero) is 1. The summed E-state index contributed by atoms with van der Waals surface area (Å²) in [7, 11) is 3.12. The Morgan fingerprint density at radius 1 is 1.31 bits per heavy atom. The number of ketones is 1. The van der Waals surface area contributed by atoms with Crippen LogP contribution in [-0.2, 0) is 32.1 Å². The zero-order valence-electron chi connectivity index (χ0n) is 17.6. The molecule has 0 radical (unpaired) electrons. The summed E-state index contributed by atoms with van der Waals surface area (Å²) in [5.74, 6) is 3.09. The summed E-state index contributed by atoms with van der Waals surface area (Å²) >= 11 is 5.63. The van der Waals surface area contributed by atoms with Gasteiger partial charge in [-0.2, -0.15) is 24.4 Å². The van der Waals surface area contributed by atoms with Gasteiger partial charge in [-0.3, -0.25) is 9.59 Å². The van der Waals surface area contributed by atoms with Crippen LogP contribution in [0.2, 0.25) is 0 Å². The summed E-state index contributed by atoms with van der Waals surface area (Å²) in [6.07, 6.45) is 10.2. The predicted octanol–water partition coefficient (Wildman–Crippen LogP) is 4.90. The van der Waals surface area contributed by atoms with Crippen molar-refractivity contribution in [3.8, 4) is 0 Å². The zero-order valence-corrected chi connectivity index (χ0v) is 19.3. The summed E-state index contributed by atoms with van der Waals surface area (Å²) in [6, 6.07) is 8.54. The van der Waals surface area contributed by atoms with E-state index in [-0.39, 0.29) is 5.97 Å². The third-order valence-corrected chi connectivity index (χ3v) is 5.82. The van der Waals surface area contributed by atoms with E-state index in [1.165, 1.54) is 18.2 Å². The Kier molecular flexibility index (Phi) is 14.7. The first kappa shape index (κ1) is 25.8. The minimum Gasteiger partial charge on any atom is -0.468 e. The number of carbonyl (C=O) groups excluding carboxylic acids is 2. The topological polar surface area (TPSA) is 52.6 Å². The first-order valence-electron chi connectivity index (χ1n) is 10.1. The molecule has 2 rings (SSSR count). The fourth-order valence-electron chi connectivity index (χ4n) is 2.97. The summed E-state index contributed by atoms with van der Waals surface area (Å²) in [5.41, 5.74) is 2.58. The lowest BCUT2D eigenvalue weighted by atomic mass is 10.0. The molecule has 0 amide bonds. The molecule has 0 heterocycles. The summed E-state index contributed by atoms with van der Waals surface area (Å²) in [6.45, 7) is 0.674. The Bertz CT molecular complexity index is 631. The second-order valence-corrected chi connectivity index (χ2v) is 8.52. The number of rotatable bonds is 11. The number of ether oxygens (including phenoxy) is 2. The first-order chi connectivity index (χ1) is 14.1. The lowest BCUT2D eigenvalue weighted by molar-refractivity contribution is -0.137. The maximum absolute atomic E-state index is 11.2. The molecule has 0 saturated heterocycles. The van der Waals surface area contributed by atoms with Gasteiger partial charge in [0.05, 0.1) is 19.5 Å². The van der Waals surface area contributed by atoms with E-state index in [9.17, 15) is 9.59 Å². The van der Waals surface area contributed by atoms with Crippen LogP contribution in [0.5, 0.6) is 0 Å². The van der Waals surface area contributed by atoms with Crippen LogP contribution < -0.4 is 0 Å². The number of thiol groups is 1. The molecule has 0 aromatic heterocycles. The minimum atomic E-state index is -0.149. The van der Waals surface area contributed by atoms with Crippen molar-refractivity contribution >= 4 is 36.1 Å². The molecule has 0 N–H and O–H groups in total. The van der Waals surface area contributed by atoms with E-state index in [0.29, 0.717) is 24.1 Å². The number of thioether (sulfide) groups is 1. The molecule has 162 valence electrons. The molecule has 1 saturated carbocycles. The van der Waals surface area contributed by atoms with Crippen molar-refractivity contribution in [3.05, 3.63) is 47.5 Å². The fraction of sp³-hybridized carbons (Fsp3) is 0.565. The molecule has 0 aliphatic heterocycles. The van der Waals surface area contributed by atoms with Gasteiger partial charge in [-0.05, 0) is 54.2 Å². The lowest BCUT2D eigenvalue weighted by Gasteiger charge is -2.04. The number of carbonyl (C=O) groups is 2. The van der Waals surface area contributed by atoms with Gasteiger partial charge in [0.2, 0.25) is 0 Å². The second-order valence-electron chi connectivity index (χ2n) is 6.97. The average Bonchev–Trinajstić information content (AvgIpc) is 3.14. The van der Waals surface area contributed by atoms with Crippen molar-refractivity contribution in [2.75, 3.05) is 31.5 Å². The van der Waals surface area contributed by atoms with Gasteiger partial charge in [0.25, 0.3) is 0 Å². The molecule has 0 bridgehead atoms. The maximum Gasteiger partial charge on any atom is 0.315 e. The van der Waals surface area contributed by atoms with Crippen molar-refractivity contribution in [1.29, 1.82) is 0 Å². The van der Waals surface area contributed by atoms with Crippen LogP contribution in [0.1, 0.15) is 43.2 Å². The van der Waals surface area contributed by atoms with Crippen LogP contribution in [-0.4, -0.2) is 43.2 Å². The first-order valence-corrected chi connectivity index (χ1v) is 11.9. The molecule has 1 atom stereocenters. The molecule has 1 aliphatic rings. The Hall–Kier alpha value is -1.24. The molecule has 1 aromatic rings. The van der Waals surface area contributed by atoms with Crippen molar-refractivity contribution in [3.63, 3.8) is 0 Å². The number of methoxy groups -OCH3 is 2. The number of hydrogen-bond donors (Lipinski definition) is 1. The second kappa shape index (κ2) is 16.5. The highest BCUT2D eigenvalue weighted by Gasteiger charge is 2.18. The van der Waals surface area contributed by atoms with Gasteiger partial charge >= 0.3 is 5.97 Å². The van der Waals surface area contributed by atoms with Gasteiger partial charge < -0.3 is 9.47 Å². The normalized spacial score (nSPS) is 16.0. The van der Waals surface area contributed by atoms with Crippen molar-refractivity contribution < 1.29 is 19.1 Å². The number of aryl methyl sites for hydroxylation is 1. The van der Waals surface area contributed by atoms with Crippen LogP contribution in [0, 0.1) is 5.92 Å². The molecule has 1 aliphatic carbocycles. The summed E-state index contributed by atoms with van der Waals surface area (Å²) in [5, 5.41) is 0.